The summed E-state index contributed by atoms with van der Waals surface area (Å²) in [6, 6.07) is 7.04. The van der Waals surface area contributed by atoms with E-state index < -0.39 is 42.1 Å². The Labute approximate surface area is 193 Å². The smallest absolute Gasteiger partial charge is 0.379 e. The highest BCUT2D eigenvalue weighted by atomic mass is 79.9. The van der Waals surface area contributed by atoms with Crippen molar-refractivity contribution in [1.82, 2.24) is 19.7 Å². The van der Waals surface area contributed by atoms with Crippen molar-refractivity contribution in [3.8, 4) is 0 Å². The largest absolute Gasteiger partial charge is 0.418 e. The molecule has 1 aliphatic rings. The lowest BCUT2D eigenvalue weighted by Gasteiger charge is -2.49. The number of halogens is 7. The van der Waals surface area contributed by atoms with Crippen LogP contribution in [0, 0.1) is 0 Å². The molecule has 1 aromatic carbocycles. The fraction of sp³-hybridized carbons (Fsp3) is 0.381. The van der Waals surface area contributed by atoms with Crippen LogP contribution in [-0.4, -0.2) is 25.7 Å². The van der Waals surface area contributed by atoms with Gasteiger partial charge in [0.25, 0.3) is 0 Å². The van der Waals surface area contributed by atoms with Crippen molar-refractivity contribution in [2.45, 2.75) is 43.1 Å². The number of nitrogens with one attached hydrogen (secondary N) is 1. The maximum absolute atomic E-state index is 15.5. The minimum Gasteiger partial charge on any atom is -0.379 e. The number of benzene rings is 1. The Kier molecular flexibility index (Phi) is 5.92. The molecule has 0 bridgehead atoms. The second-order valence-corrected chi connectivity index (χ2v) is 9.02. The van der Waals surface area contributed by atoms with E-state index in [1.807, 2.05) is 0 Å². The van der Waals surface area contributed by atoms with Gasteiger partial charge in [-0.25, -0.2) is 13.2 Å². The first-order valence-electron chi connectivity index (χ1n) is 9.83. The van der Waals surface area contributed by atoms with Gasteiger partial charge in [0.05, 0.1) is 17.8 Å². The van der Waals surface area contributed by atoms with Crippen molar-refractivity contribution in [3.63, 3.8) is 0 Å². The standard InChI is InChI=1S/C21H18BrF6N5/c1-33-11-31-32-18(33)17(23)19(9-20(24,25)10-19)12-3-2-4-14(5-12)29-8-16-15(21(26,27)28)6-13(22)7-30-16/h2-7,11,17,29H,8-10H2,1H3. The summed E-state index contributed by atoms with van der Waals surface area (Å²) in [6.07, 6.45) is -5.34. The summed E-state index contributed by atoms with van der Waals surface area (Å²) in [4.78, 5) is 3.84. The highest BCUT2D eigenvalue weighted by Gasteiger charge is 2.62. The van der Waals surface area contributed by atoms with E-state index in [9.17, 15) is 22.0 Å². The second kappa shape index (κ2) is 8.30. The third kappa shape index (κ3) is 4.57. The monoisotopic (exact) mass is 533 g/mol. The van der Waals surface area contributed by atoms with E-state index in [0.29, 0.717) is 11.3 Å². The molecule has 12 heteroatoms. The Morgan fingerprint density at radius 2 is 1.94 bits per heavy atom. The zero-order valence-corrected chi connectivity index (χ0v) is 18.8. The van der Waals surface area contributed by atoms with Gasteiger partial charge in [0.1, 0.15) is 6.33 Å². The average Bonchev–Trinajstić information content (AvgIpc) is 3.15. The van der Waals surface area contributed by atoms with Crippen LogP contribution in [0.25, 0.3) is 0 Å². The maximum atomic E-state index is 15.5. The van der Waals surface area contributed by atoms with E-state index in [0.717, 1.165) is 6.07 Å². The minimum absolute atomic E-state index is 0.0715. The van der Waals surface area contributed by atoms with Gasteiger partial charge in [-0.2, -0.15) is 13.2 Å². The van der Waals surface area contributed by atoms with E-state index in [1.165, 1.54) is 36.3 Å². The number of rotatable bonds is 6. The van der Waals surface area contributed by atoms with Crippen LogP contribution in [0.3, 0.4) is 0 Å². The third-order valence-corrected chi connectivity index (χ3v) is 6.18. The van der Waals surface area contributed by atoms with Crippen LogP contribution in [0.15, 0.2) is 47.3 Å². The molecule has 2 heterocycles. The molecule has 33 heavy (non-hydrogen) atoms. The normalized spacial score (nSPS) is 17.9. The SMILES string of the molecule is Cn1cnnc1C(F)C1(c2cccc(NCc3ncc(Br)cc3C(F)(F)F)c2)CC(F)(F)C1. The van der Waals surface area contributed by atoms with Crippen LogP contribution >= 0.6 is 15.9 Å². The second-order valence-electron chi connectivity index (χ2n) is 8.11. The molecule has 1 fully saturated rings. The average molecular weight is 534 g/mol. The van der Waals surface area contributed by atoms with Crippen molar-refractivity contribution in [3.05, 3.63) is 70.0 Å². The molecule has 0 spiro atoms. The summed E-state index contributed by atoms with van der Waals surface area (Å²) in [5, 5.41) is 10.2. The Morgan fingerprint density at radius 3 is 2.55 bits per heavy atom. The number of aryl methyl sites for hydroxylation is 1. The van der Waals surface area contributed by atoms with Crippen LogP contribution in [0.4, 0.5) is 32.0 Å². The lowest BCUT2D eigenvalue weighted by Crippen LogP contribution is -2.52. The van der Waals surface area contributed by atoms with Crippen molar-refractivity contribution >= 4 is 21.6 Å². The van der Waals surface area contributed by atoms with E-state index in [-0.39, 0.29) is 22.5 Å². The number of alkyl halides is 6. The van der Waals surface area contributed by atoms with Gasteiger partial charge in [-0.1, -0.05) is 12.1 Å². The van der Waals surface area contributed by atoms with Crippen LogP contribution < -0.4 is 5.32 Å². The number of pyridine rings is 1. The molecule has 1 saturated carbocycles. The third-order valence-electron chi connectivity index (χ3n) is 5.75. The predicted octanol–water partition coefficient (Wildman–Crippen LogP) is 5.98. The number of anilines is 1. The van der Waals surface area contributed by atoms with E-state index in [1.54, 1.807) is 12.1 Å². The minimum atomic E-state index is -4.60. The molecular formula is C21H18BrF6N5. The molecule has 3 aromatic rings. The fourth-order valence-corrected chi connectivity index (χ4v) is 4.48. The van der Waals surface area contributed by atoms with Gasteiger partial charge in [0.15, 0.2) is 12.0 Å². The van der Waals surface area contributed by atoms with Gasteiger partial charge in [-0.15, -0.1) is 10.2 Å². The van der Waals surface area contributed by atoms with Gasteiger partial charge < -0.3 is 9.88 Å². The molecule has 1 unspecified atom stereocenters. The Morgan fingerprint density at radius 1 is 1.21 bits per heavy atom. The van der Waals surface area contributed by atoms with Crippen molar-refractivity contribution < 1.29 is 26.3 Å². The molecule has 0 saturated heterocycles. The molecule has 0 radical (unpaired) electrons. The zero-order valence-electron chi connectivity index (χ0n) is 17.2. The van der Waals surface area contributed by atoms with Crippen molar-refractivity contribution in [1.29, 1.82) is 0 Å². The lowest BCUT2D eigenvalue weighted by molar-refractivity contribution is -0.151. The summed E-state index contributed by atoms with van der Waals surface area (Å²) in [6.45, 7) is -0.267. The maximum Gasteiger partial charge on any atom is 0.418 e. The Bertz CT molecular complexity index is 1150. The van der Waals surface area contributed by atoms with Gasteiger partial charge in [-0.3, -0.25) is 4.98 Å². The molecule has 1 atom stereocenters. The van der Waals surface area contributed by atoms with E-state index in [2.05, 4.69) is 36.4 Å². The molecule has 4 rings (SSSR count). The summed E-state index contributed by atoms with van der Waals surface area (Å²) in [5.41, 5.74) is -2.02. The van der Waals surface area contributed by atoms with Gasteiger partial charge in [-0.05, 0) is 39.7 Å². The van der Waals surface area contributed by atoms with Gasteiger partial charge in [0, 0.05) is 41.7 Å². The van der Waals surface area contributed by atoms with Gasteiger partial charge in [0.2, 0.25) is 5.92 Å². The quantitative estimate of drug-likeness (QED) is 0.396. The molecule has 0 aliphatic heterocycles. The van der Waals surface area contributed by atoms with E-state index >= 15 is 4.39 Å². The number of hydrogen-bond acceptors (Lipinski definition) is 4. The first-order valence-corrected chi connectivity index (χ1v) is 10.6. The Balaban J connectivity index is 1.62. The summed E-state index contributed by atoms with van der Waals surface area (Å²) < 4.78 is 85.0. The highest BCUT2D eigenvalue weighted by Crippen LogP contribution is 2.60. The Hall–Kier alpha value is -2.63. The number of nitrogens with zero attached hydrogens (tertiary/aromatic N) is 4. The van der Waals surface area contributed by atoms with Crippen molar-refractivity contribution in [2.24, 2.45) is 7.05 Å². The van der Waals surface area contributed by atoms with Gasteiger partial charge >= 0.3 is 6.18 Å². The molecule has 2 aromatic heterocycles. The van der Waals surface area contributed by atoms with Crippen LogP contribution in [0.2, 0.25) is 0 Å². The topological polar surface area (TPSA) is 55.6 Å². The summed E-state index contributed by atoms with van der Waals surface area (Å²) in [5.74, 6) is -3.10. The lowest BCUT2D eigenvalue weighted by atomic mass is 9.59. The first kappa shape index (κ1) is 23.5. The van der Waals surface area contributed by atoms with Crippen LogP contribution in [0.1, 0.15) is 41.7 Å². The number of hydrogen-bond donors (Lipinski definition) is 1. The number of aromatic nitrogens is 4. The van der Waals surface area contributed by atoms with Crippen LogP contribution in [0.5, 0.6) is 0 Å². The molecule has 1 N–H and O–H groups in total. The molecular weight excluding hydrogens is 516 g/mol. The molecule has 0 amide bonds. The first-order chi connectivity index (χ1) is 15.4. The summed E-state index contributed by atoms with van der Waals surface area (Å²) in [7, 11) is 1.52. The molecule has 1 aliphatic carbocycles. The predicted molar refractivity (Wildman–Crippen MR) is 111 cm³/mol. The molecule has 176 valence electrons. The fourth-order valence-electron chi connectivity index (χ4n) is 4.15. The highest BCUT2D eigenvalue weighted by molar-refractivity contribution is 9.10. The zero-order chi connectivity index (χ0) is 24.0. The van der Waals surface area contributed by atoms with Crippen LogP contribution in [-0.2, 0) is 25.2 Å². The summed E-state index contributed by atoms with van der Waals surface area (Å²) >= 11 is 2.98. The van der Waals surface area contributed by atoms with E-state index in [4.69, 9.17) is 0 Å². The molecule has 5 nitrogen and oxygen atoms in total. The van der Waals surface area contributed by atoms with Crippen molar-refractivity contribution in [2.75, 3.05) is 5.32 Å².